The van der Waals surface area contributed by atoms with Gasteiger partial charge in [-0.25, -0.2) is 13.4 Å². The van der Waals surface area contributed by atoms with Crippen LogP contribution in [0.25, 0.3) is 10.9 Å². The Balaban J connectivity index is 1.35. The van der Waals surface area contributed by atoms with Crippen LogP contribution in [0.15, 0.2) is 29.5 Å². The molecule has 3 aromatic rings. The van der Waals surface area contributed by atoms with Crippen LogP contribution >= 0.6 is 0 Å². The third-order valence-corrected chi connectivity index (χ3v) is 7.09. The first-order valence-corrected chi connectivity index (χ1v) is 14.5. The van der Waals surface area contributed by atoms with Crippen molar-refractivity contribution in [2.75, 3.05) is 42.2 Å². The summed E-state index contributed by atoms with van der Waals surface area (Å²) in [6, 6.07) is 3.71. The smallest absolute Gasteiger partial charge is 0.474 e. The summed E-state index contributed by atoms with van der Waals surface area (Å²) in [6.07, 6.45) is 11.3. The molecule has 0 spiro atoms. The molecule has 38 heavy (non-hydrogen) atoms. The van der Waals surface area contributed by atoms with Gasteiger partial charge in [0.15, 0.2) is 6.20 Å². The number of aromatic amines is 1. The van der Waals surface area contributed by atoms with E-state index in [1.165, 1.54) is 6.20 Å². The minimum atomic E-state index is -3.46. The molecule has 0 unspecified atom stereocenters. The highest BCUT2D eigenvalue weighted by Gasteiger charge is 2.26. The number of carbonyl (C=O) groups is 1. The molecule has 1 saturated carbocycles. The Bertz CT molecular complexity index is 1440. The van der Waals surface area contributed by atoms with Gasteiger partial charge in [-0.2, -0.15) is 9.97 Å². The van der Waals surface area contributed by atoms with Gasteiger partial charge in [0.05, 0.1) is 54.0 Å². The molecule has 0 bridgehead atoms. The van der Waals surface area contributed by atoms with E-state index < -0.39 is 10.0 Å². The van der Waals surface area contributed by atoms with E-state index in [0.29, 0.717) is 46.9 Å². The molecular weight excluding hydrogens is 510 g/mol. The van der Waals surface area contributed by atoms with Crippen LogP contribution in [0, 0.1) is 6.20 Å². The van der Waals surface area contributed by atoms with Crippen molar-refractivity contribution in [3.63, 3.8) is 0 Å². The van der Waals surface area contributed by atoms with Crippen LogP contribution in [0.1, 0.15) is 31.2 Å². The average Bonchev–Trinajstić information content (AvgIpc) is 2.91. The second kappa shape index (κ2) is 11.3. The Morgan fingerprint density at radius 2 is 2.08 bits per heavy atom. The molecule has 4 heterocycles. The highest BCUT2D eigenvalue weighted by molar-refractivity contribution is 7.92. The fourth-order valence-corrected chi connectivity index (χ4v) is 5.16. The Morgan fingerprint density at radius 3 is 2.76 bits per heavy atom. The first kappa shape index (κ1) is 25.9. The van der Waals surface area contributed by atoms with E-state index >= 15 is 0 Å². The number of pyridine rings is 2. The average molecular weight is 541 g/mol. The number of hydrogen-bond donors (Lipinski definition) is 2. The highest BCUT2D eigenvalue weighted by Crippen LogP contribution is 2.33. The number of hydrogen-bond acceptors (Lipinski definition) is 9. The van der Waals surface area contributed by atoms with Crippen LogP contribution in [-0.2, 0) is 26.0 Å². The van der Waals surface area contributed by atoms with Gasteiger partial charge < -0.3 is 19.2 Å². The van der Waals surface area contributed by atoms with Crippen molar-refractivity contribution in [2.45, 2.75) is 44.2 Å². The van der Waals surface area contributed by atoms with E-state index in [1.807, 2.05) is 6.07 Å². The second-order valence-corrected chi connectivity index (χ2v) is 11.2. The molecule has 3 aromatic heterocycles. The van der Waals surface area contributed by atoms with Crippen LogP contribution < -0.4 is 25.0 Å². The largest absolute Gasteiger partial charge is 0.488 e. The number of ether oxygens (including phenoxy) is 2. The van der Waals surface area contributed by atoms with E-state index in [-0.39, 0.29) is 18.6 Å². The number of aromatic nitrogens is 4. The van der Waals surface area contributed by atoms with Gasteiger partial charge in [-0.15, -0.1) is 0 Å². The number of fused-ring (bicyclic) bond motifs is 1. The van der Waals surface area contributed by atoms with E-state index in [1.54, 1.807) is 12.3 Å². The minimum Gasteiger partial charge on any atom is -0.474 e. The number of anilines is 2. The number of carbonyl (C=O) groups excluding carboxylic acids is 1. The number of nitrogens with zero attached hydrogens (tertiary/aromatic N) is 5. The van der Waals surface area contributed by atoms with Crippen molar-refractivity contribution in [3.8, 4) is 5.88 Å². The summed E-state index contributed by atoms with van der Waals surface area (Å²) in [5.74, 6) is 1.19. The van der Waals surface area contributed by atoms with Gasteiger partial charge in [-0.3, -0.25) is 9.71 Å². The maximum Gasteiger partial charge on any atom is 0.488 e. The number of aldehydes is 1. The van der Waals surface area contributed by atoms with Gasteiger partial charge >= 0.3 is 5.62 Å². The van der Waals surface area contributed by atoms with Crippen molar-refractivity contribution in [1.82, 2.24) is 15.0 Å². The first-order valence-electron chi connectivity index (χ1n) is 12.6. The summed E-state index contributed by atoms with van der Waals surface area (Å²) in [4.78, 5) is 34.0. The molecule has 1 aliphatic heterocycles. The number of morpholine rings is 1. The Hall–Kier alpha value is -3.76. The molecule has 1 saturated heterocycles. The summed E-state index contributed by atoms with van der Waals surface area (Å²) < 4.78 is 37.9. The molecule has 13 heteroatoms. The van der Waals surface area contributed by atoms with Crippen molar-refractivity contribution in [3.05, 3.63) is 41.9 Å². The van der Waals surface area contributed by atoms with Gasteiger partial charge in [0.25, 0.3) is 0 Å². The number of rotatable bonds is 8. The lowest BCUT2D eigenvalue weighted by Gasteiger charge is -2.29. The van der Waals surface area contributed by atoms with Gasteiger partial charge in [0, 0.05) is 25.6 Å². The molecule has 2 fully saturated rings. The van der Waals surface area contributed by atoms with Crippen molar-refractivity contribution in [2.24, 2.45) is 4.99 Å². The fourth-order valence-electron chi connectivity index (χ4n) is 4.62. The number of nitrogens with one attached hydrogen (secondary N) is 2. The monoisotopic (exact) mass is 540 g/mol. The molecule has 1 aliphatic carbocycles. The highest BCUT2D eigenvalue weighted by atomic mass is 32.2. The summed E-state index contributed by atoms with van der Waals surface area (Å²) >= 11 is 0. The molecule has 2 aliphatic rings. The number of H-pyrrole nitrogens is 1. The lowest BCUT2D eigenvalue weighted by molar-refractivity contribution is -0.326. The van der Waals surface area contributed by atoms with Gasteiger partial charge in [-0.05, 0) is 31.7 Å². The lowest BCUT2D eigenvalue weighted by Crippen LogP contribution is -2.37. The van der Waals surface area contributed by atoms with Gasteiger partial charge in [0.1, 0.15) is 24.2 Å². The van der Waals surface area contributed by atoms with E-state index in [0.717, 1.165) is 57.1 Å². The Morgan fingerprint density at radius 1 is 1.29 bits per heavy atom. The third kappa shape index (κ3) is 6.56. The third-order valence-electron chi connectivity index (χ3n) is 6.48. The molecule has 0 amide bonds. The zero-order chi connectivity index (χ0) is 26.5. The number of sulfonamides is 1. The Labute approximate surface area is 220 Å². The van der Waals surface area contributed by atoms with E-state index in [9.17, 15) is 13.2 Å². The summed E-state index contributed by atoms with van der Waals surface area (Å²) in [5, 5.41) is 0.646. The van der Waals surface area contributed by atoms with E-state index in [2.05, 4.69) is 35.8 Å². The maximum atomic E-state index is 11.8. The second-order valence-electron chi connectivity index (χ2n) is 9.46. The maximum absolute atomic E-state index is 11.8. The molecule has 0 atom stereocenters. The zero-order valence-electron chi connectivity index (χ0n) is 21.1. The van der Waals surface area contributed by atoms with E-state index in [4.69, 9.17) is 14.5 Å². The zero-order valence-corrected chi connectivity index (χ0v) is 21.9. The molecule has 2 N–H and O–H groups in total. The minimum absolute atomic E-state index is 0.0675. The standard InChI is InChI=1S/C25H29N7O5S/c1-38(34,35)31-19-12-21-22(26-16-19)13-23(32-7-10-36-11-8-32)30-24(21)37-20-4-2-18(3-5-20)29-25-27-14-17(6-9-33)15-28-25/h9,12-14,16,18,20,31H,2-8,10-11H2,1H3/p+1. The van der Waals surface area contributed by atoms with Crippen LogP contribution in [0.5, 0.6) is 5.88 Å². The quantitative estimate of drug-likeness (QED) is 0.391. The van der Waals surface area contributed by atoms with Crippen LogP contribution in [-0.4, -0.2) is 74.4 Å². The van der Waals surface area contributed by atoms with Gasteiger partial charge in [-0.1, -0.05) is 4.99 Å². The topological polar surface area (TPSA) is 153 Å². The lowest BCUT2D eigenvalue weighted by atomic mass is 9.93. The Kier molecular flexibility index (Phi) is 7.71. The summed E-state index contributed by atoms with van der Waals surface area (Å²) in [7, 11) is -3.46. The predicted octanol–water partition coefficient (Wildman–Crippen LogP) is 0.598. The fraction of sp³-hybridized carbons (Fsp3) is 0.480. The molecule has 5 rings (SSSR count). The van der Waals surface area contributed by atoms with Crippen molar-refractivity contribution >= 4 is 38.7 Å². The van der Waals surface area contributed by atoms with Crippen LogP contribution in [0.3, 0.4) is 0 Å². The molecule has 200 valence electrons. The molecule has 0 radical (unpaired) electrons. The first-order chi connectivity index (χ1) is 18.4. The van der Waals surface area contributed by atoms with Gasteiger partial charge in [0.2, 0.25) is 15.9 Å². The summed E-state index contributed by atoms with van der Waals surface area (Å²) in [5.41, 5.74) is 2.22. The van der Waals surface area contributed by atoms with Crippen molar-refractivity contribution in [1.29, 1.82) is 0 Å². The predicted molar refractivity (Wildman–Crippen MR) is 138 cm³/mol. The molecular formula is C25H30N7O5S+. The molecule has 12 nitrogen and oxygen atoms in total. The SMILES string of the molecule is CS(=O)(=O)Nc1cnc2cc(N3CCOCC3)nc(OC3CCC(N=c4[n+]#cc(CC=O)c[nH]4)CC3)c2c1. The van der Waals surface area contributed by atoms with Crippen LogP contribution in [0.2, 0.25) is 0 Å². The van der Waals surface area contributed by atoms with Crippen molar-refractivity contribution < 1.29 is 27.7 Å². The summed E-state index contributed by atoms with van der Waals surface area (Å²) in [6.45, 7) is 2.68. The normalized spacial score (nSPS) is 20.7. The van der Waals surface area contributed by atoms with Crippen LogP contribution in [0.4, 0.5) is 11.5 Å². The molecule has 0 aromatic carbocycles.